The van der Waals surface area contributed by atoms with Crippen molar-refractivity contribution in [2.75, 3.05) is 0 Å². The van der Waals surface area contributed by atoms with E-state index in [-0.39, 0.29) is 18.0 Å². The maximum atomic E-state index is 13.1. The molecule has 134 valence electrons. The lowest BCUT2D eigenvalue weighted by Crippen LogP contribution is -2.19. The van der Waals surface area contributed by atoms with E-state index in [2.05, 4.69) is 4.98 Å². The second-order valence-electron chi connectivity index (χ2n) is 6.14. The van der Waals surface area contributed by atoms with Gasteiger partial charge in [0, 0.05) is 12.3 Å². The lowest BCUT2D eigenvalue weighted by molar-refractivity contribution is -0.147. The Kier molecular flexibility index (Phi) is 5.11. The van der Waals surface area contributed by atoms with E-state index in [1.807, 2.05) is 19.9 Å². The van der Waals surface area contributed by atoms with E-state index in [0.29, 0.717) is 23.3 Å². The van der Waals surface area contributed by atoms with E-state index < -0.39 is 11.9 Å². The molecule has 1 aromatic carbocycles. The molecule has 0 aliphatic carbocycles. The minimum absolute atomic E-state index is 0.0872. The molecular formula is C20H19FN2O3. The molecule has 1 unspecified atom stereocenters. The summed E-state index contributed by atoms with van der Waals surface area (Å²) in [5.74, 6) is -1.27. The van der Waals surface area contributed by atoms with E-state index in [0.717, 1.165) is 5.56 Å². The topological polar surface area (TPSA) is 60.7 Å². The van der Waals surface area contributed by atoms with Crippen molar-refractivity contribution in [1.29, 1.82) is 0 Å². The largest absolute Gasteiger partial charge is 0.459 e. The number of rotatable bonds is 5. The van der Waals surface area contributed by atoms with Crippen LogP contribution in [0.2, 0.25) is 0 Å². The van der Waals surface area contributed by atoms with E-state index in [1.165, 1.54) is 22.6 Å². The number of hydrogen-bond donors (Lipinski definition) is 0. The average Bonchev–Trinajstić information content (AvgIpc) is 2.63. The molecule has 0 aliphatic rings. The molecule has 2 aromatic heterocycles. The van der Waals surface area contributed by atoms with Gasteiger partial charge in [-0.05, 0) is 42.7 Å². The number of ether oxygens (including phenoxy) is 1. The Morgan fingerprint density at radius 1 is 1.23 bits per heavy atom. The smallest absolute Gasteiger partial charge is 0.313 e. The number of aromatic nitrogens is 2. The summed E-state index contributed by atoms with van der Waals surface area (Å²) in [5, 5.41) is 0. The maximum absolute atomic E-state index is 13.1. The molecule has 0 fully saturated rings. The van der Waals surface area contributed by atoms with E-state index >= 15 is 0 Å². The van der Waals surface area contributed by atoms with E-state index in [1.54, 1.807) is 24.4 Å². The number of halogens is 1. The molecule has 3 aromatic rings. The number of carbonyl (C=O) groups is 1. The molecule has 5 nitrogen and oxygen atoms in total. The van der Waals surface area contributed by atoms with Gasteiger partial charge in [0.2, 0.25) is 0 Å². The van der Waals surface area contributed by atoms with Gasteiger partial charge in [0.1, 0.15) is 18.1 Å². The Morgan fingerprint density at radius 3 is 2.65 bits per heavy atom. The van der Waals surface area contributed by atoms with E-state index in [4.69, 9.17) is 4.74 Å². The number of pyridine rings is 1. The van der Waals surface area contributed by atoms with Crippen molar-refractivity contribution < 1.29 is 13.9 Å². The summed E-state index contributed by atoms with van der Waals surface area (Å²) in [4.78, 5) is 28.9. The number of carbonyl (C=O) groups excluding carboxylic acids is 1. The van der Waals surface area contributed by atoms with Crippen LogP contribution in [0.4, 0.5) is 4.39 Å². The highest BCUT2D eigenvalue weighted by molar-refractivity contribution is 5.78. The Labute approximate surface area is 150 Å². The molecule has 0 N–H and O–H groups in total. The fourth-order valence-corrected chi connectivity index (χ4v) is 2.81. The molecule has 0 spiro atoms. The highest BCUT2D eigenvalue weighted by Crippen LogP contribution is 2.22. The Bertz CT molecular complexity index is 996. The first kappa shape index (κ1) is 17.8. The van der Waals surface area contributed by atoms with Crippen LogP contribution >= 0.6 is 0 Å². The van der Waals surface area contributed by atoms with Crippen LogP contribution < -0.4 is 5.56 Å². The Hall–Kier alpha value is -3.02. The molecule has 26 heavy (non-hydrogen) atoms. The molecule has 0 aliphatic heterocycles. The number of aryl methyl sites for hydroxylation is 1. The fourth-order valence-electron chi connectivity index (χ4n) is 2.81. The predicted molar refractivity (Wildman–Crippen MR) is 95.4 cm³/mol. The predicted octanol–water partition coefficient (Wildman–Crippen LogP) is 3.38. The highest BCUT2D eigenvalue weighted by Gasteiger charge is 2.20. The monoisotopic (exact) mass is 354 g/mol. The maximum Gasteiger partial charge on any atom is 0.313 e. The van der Waals surface area contributed by atoms with Crippen molar-refractivity contribution in [3.05, 3.63) is 81.7 Å². The first-order chi connectivity index (χ1) is 12.5. The number of benzene rings is 1. The molecule has 0 amide bonds. The van der Waals surface area contributed by atoms with Gasteiger partial charge in [0.05, 0.1) is 11.6 Å². The lowest BCUT2D eigenvalue weighted by atomic mass is 9.97. The quantitative estimate of drug-likeness (QED) is 0.659. The number of fused-ring (bicyclic) bond motifs is 1. The number of esters is 1. The minimum atomic E-state index is -0.486. The normalized spacial score (nSPS) is 12.1. The molecule has 1 atom stereocenters. The van der Waals surface area contributed by atoms with Crippen molar-refractivity contribution in [1.82, 2.24) is 9.38 Å². The molecular weight excluding hydrogens is 335 g/mol. The molecule has 0 saturated heterocycles. The van der Waals surface area contributed by atoms with Crippen molar-refractivity contribution in [3.8, 4) is 0 Å². The van der Waals surface area contributed by atoms with Gasteiger partial charge in [0.25, 0.3) is 5.56 Å². The van der Waals surface area contributed by atoms with Crippen LogP contribution in [0, 0.1) is 12.7 Å². The third-order valence-electron chi connectivity index (χ3n) is 4.19. The molecule has 2 heterocycles. The first-order valence-electron chi connectivity index (χ1n) is 8.39. The van der Waals surface area contributed by atoms with Crippen LogP contribution in [-0.4, -0.2) is 15.4 Å². The summed E-state index contributed by atoms with van der Waals surface area (Å²) >= 11 is 0. The van der Waals surface area contributed by atoms with Crippen LogP contribution in [0.5, 0.6) is 0 Å². The van der Waals surface area contributed by atoms with Crippen LogP contribution in [0.3, 0.4) is 0 Å². The standard InChI is InChI=1S/C20H19FN2O3/c1-3-17(14-5-7-15(21)8-6-14)20(25)26-12-16-10-19(24)23-11-13(2)4-9-18(23)22-16/h4-11,17H,3,12H2,1-2H3. The van der Waals surface area contributed by atoms with Gasteiger partial charge in [-0.2, -0.15) is 0 Å². The number of nitrogens with zero attached hydrogens (tertiary/aromatic N) is 2. The lowest BCUT2D eigenvalue weighted by Gasteiger charge is -2.14. The first-order valence-corrected chi connectivity index (χ1v) is 8.39. The zero-order chi connectivity index (χ0) is 18.7. The summed E-state index contributed by atoms with van der Waals surface area (Å²) in [6, 6.07) is 10.8. The van der Waals surface area contributed by atoms with Gasteiger partial charge < -0.3 is 4.74 Å². The zero-order valence-electron chi connectivity index (χ0n) is 14.6. The van der Waals surface area contributed by atoms with Gasteiger partial charge in [-0.25, -0.2) is 9.37 Å². The summed E-state index contributed by atoms with van der Waals surface area (Å²) < 4.78 is 19.9. The molecule has 0 bridgehead atoms. The summed E-state index contributed by atoms with van der Waals surface area (Å²) in [6.45, 7) is 3.66. The summed E-state index contributed by atoms with van der Waals surface area (Å²) in [5.41, 5.74) is 2.31. The van der Waals surface area contributed by atoms with E-state index in [9.17, 15) is 14.0 Å². The second kappa shape index (κ2) is 7.47. The third kappa shape index (κ3) is 3.79. The van der Waals surface area contributed by atoms with Gasteiger partial charge in [-0.3, -0.25) is 14.0 Å². The Morgan fingerprint density at radius 2 is 1.96 bits per heavy atom. The van der Waals surface area contributed by atoms with Crippen molar-refractivity contribution >= 4 is 11.6 Å². The molecule has 0 radical (unpaired) electrons. The molecule has 6 heteroatoms. The van der Waals surface area contributed by atoms with Gasteiger partial charge >= 0.3 is 5.97 Å². The third-order valence-corrected chi connectivity index (χ3v) is 4.19. The summed E-state index contributed by atoms with van der Waals surface area (Å²) in [6.07, 6.45) is 2.24. The van der Waals surface area contributed by atoms with Gasteiger partial charge in [0.15, 0.2) is 0 Å². The van der Waals surface area contributed by atoms with Crippen LogP contribution in [-0.2, 0) is 16.1 Å². The SMILES string of the molecule is CCC(C(=O)OCc1cc(=O)n2cc(C)ccc2n1)c1ccc(F)cc1. The molecule has 0 saturated carbocycles. The highest BCUT2D eigenvalue weighted by atomic mass is 19.1. The van der Waals surface area contributed by atoms with Crippen molar-refractivity contribution in [3.63, 3.8) is 0 Å². The van der Waals surface area contributed by atoms with Gasteiger partial charge in [-0.1, -0.05) is 25.1 Å². The van der Waals surface area contributed by atoms with Gasteiger partial charge in [-0.15, -0.1) is 0 Å². The van der Waals surface area contributed by atoms with Crippen LogP contribution in [0.15, 0.2) is 53.5 Å². The fraction of sp³-hybridized carbons (Fsp3) is 0.250. The van der Waals surface area contributed by atoms with Crippen LogP contribution in [0.25, 0.3) is 5.65 Å². The summed E-state index contributed by atoms with van der Waals surface area (Å²) in [7, 11) is 0. The second-order valence-corrected chi connectivity index (χ2v) is 6.14. The number of hydrogen-bond acceptors (Lipinski definition) is 4. The minimum Gasteiger partial charge on any atom is -0.459 e. The Balaban J connectivity index is 1.76. The average molecular weight is 354 g/mol. The molecule has 3 rings (SSSR count). The van der Waals surface area contributed by atoms with Crippen molar-refractivity contribution in [2.45, 2.75) is 32.8 Å². The van der Waals surface area contributed by atoms with Crippen LogP contribution in [0.1, 0.15) is 36.1 Å². The zero-order valence-corrected chi connectivity index (χ0v) is 14.6. The van der Waals surface area contributed by atoms with Crippen molar-refractivity contribution in [2.24, 2.45) is 0 Å².